The molecule has 0 amide bonds. The van der Waals surface area contributed by atoms with Crippen molar-refractivity contribution in [3.05, 3.63) is 55.2 Å². The molecule has 3 aromatic rings. The fourth-order valence-corrected chi connectivity index (χ4v) is 4.25. The summed E-state index contributed by atoms with van der Waals surface area (Å²) in [6, 6.07) is 7.96. The summed E-state index contributed by atoms with van der Waals surface area (Å²) in [6.07, 6.45) is 1.56. The lowest BCUT2D eigenvalue weighted by molar-refractivity contribution is 0.409. The lowest BCUT2D eigenvalue weighted by Crippen LogP contribution is -2.11. The topological polar surface area (TPSA) is 55.0 Å². The molecule has 0 saturated heterocycles. The fourth-order valence-electron chi connectivity index (χ4n) is 2.52. The SMILES string of the molecule is COc1ccccc1CCc1n[nH]c(=O)c2c(C)c(Br)sc12. The molecular weight excluding hydrogens is 364 g/mol. The predicted octanol–water partition coefficient (Wildman–Crippen LogP) is 3.85. The van der Waals surface area contributed by atoms with Crippen molar-refractivity contribution in [3.63, 3.8) is 0 Å². The summed E-state index contributed by atoms with van der Waals surface area (Å²) in [4.78, 5) is 12.0. The second kappa shape index (κ2) is 6.22. The summed E-state index contributed by atoms with van der Waals surface area (Å²) >= 11 is 5.08. The summed E-state index contributed by atoms with van der Waals surface area (Å²) in [5.74, 6) is 0.881. The van der Waals surface area contributed by atoms with Gasteiger partial charge in [-0.15, -0.1) is 11.3 Å². The van der Waals surface area contributed by atoms with Gasteiger partial charge in [0.05, 0.1) is 26.7 Å². The number of ether oxygens (including phenoxy) is 1. The number of H-pyrrole nitrogens is 1. The zero-order valence-corrected chi connectivity index (χ0v) is 14.7. The highest BCUT2D eigenvalue weighted by molar-refractivity contribution is 9.11. The molecule has 2 heterocycles. The average molecular weight is 379 g/mol. The van der Waals surface area contributed by atoms with Gasteiger partial charge in [-0.05, 0) is 52.9 Å². The van der Waals surface area contributed by atoms with Gasteiger partial charge in [0.2, 0.25) is 0 Å². The van der Waals surface area contributed by atoms with E-state index >= 15 is 0 Å². The molecule has 0 fully saturated rings. The summed E-state index contributed by atoms with van der Waals surface area (Å²) < 4.78 is 7.33. The number of nitrogens with one attached hydrogen (secondary N) is 1. The number of aromatic amines is 1. The Bertz CT molecular complexity index is 885. The van der Waals surface area contributed by atoms with E-state index in [1.54, 1.807) is 18.4 Å². The van der Waals surface area contributed by atoms with E-state index in [4.69, 9.17) is 4.74 Å². The normalized spacial score (nSPS) is 11.0. The van der Waals surface area contributed by atoms with Crippen LogP contribution in [0.5, 0.6) is 5.75 Å². The van der Waals surface area contributed by atoms with Crippen molar-refractivity contribution in [1.82, 2.24) is 10.2 Å². The van der Waals surface area contributed by atoms with Crippen molar-refractivity contribution in [1.29, 1.82) is 0 Å². The van der Waals surface area contributed by atoms with E-state index in [0.29, 0.717) is 0 Å². The van der Waals surface area contributed by atoms with Crippen molar-refractivity contribution in [2.75, 3.05) is 7.11 Å². The lowest BCUT2D eigenvalue weighted by Gasteiger charge is -2.07. The highest BCUT2D eigenvalue weighted by Gasteiger charge is 2.15. The number of hydrogen-bond donors (Lipinski definition) is 1. The second-order valence-corrected chi connectivity index (χ2v) is 7.35. The third kappa shape index (κ3) is 2.68. The molecule has 0 aliphatic carbocycles. The van der Waals surface area contributed by atoms with Crippen LogP contribution in [0.2, 0.25) is 0 Å². The van der Waals surface area contributed by atoms with Crippen LogP contribution in [-0.4, -0.2) is 17.3 Å². The molecule has 4 nitrogen and oxygen atoms in total. The van der Waals surface area contributed by atoms with E-state index in [1.807, 2.05) is 25.1 Å². The van der Waals surface area contributed by atoms with Crippen molar-refractivity contribution in [2.24, 2.45) is 0 Å². The first kappa shape index (κ1) is 15.2. The third-order valence-electron chi connectivity index (χ3n) is 3.69. The van der Waals surface area contributed by atoms with E-state index < -0.39 is 0 Å². The molecule has 1 N–H and O–H groups in total. The zero-order valence-electron chi connectivity index (χ0n) is 12.3. The van der Waals surface area contributed by atoms with Gasteiger partial charge in [0.1, 0.15) is 5.75 Å². The monoisotopic (exact) mass is 378 g/mol. The van der Waals surface area contributed by atoms with Crippen LogP contribution >= 0.6 is 27.3 Å². The quantitative estimate of drug-likeness (QED) is 0.749. The number of halogens is 1. The molecule has 0 radical (unpaired) electrons. The van der Waals surface area contributed by atoms with E-state index in [1.165, 1.54) is 0 Å². The molecule has 0 aliphatic rings. The van der Waals surface area contributed by atoms with Gasteiger partial charge in [0, 0.05) is 0 Å². The smallest absolute Gasteiger partial charge is 0.273 e. The number of hydrogen-bond acceptors (Lipinski definition) is 4. The van der Waals surface area contributed by atoms with Crippen molar-refractivity contribution >= 4 is 37.4 Å². The van der Waals surface area contributed by atoms with Gasteiger partial charge >= 0.3 is 0 Å². The van der Waals surface area contributed by atoms with Gasteiger partial charge in [-0.25, -0.2) is 5.10 Å². The first-order chi connectivity index (χ1) is 10.6. The number of nitrogens with zero attached hydrogens (tertiary/aromatic N) is 1. The van der Waals surface area contributed by atoms with Crippen LogP contribution in [0.15, 0.2) is 32.8 Å². The highest BCUT2D eigenvalue weighted by atomic mass is 79.9. The maximum atomic E-state index is 12.0. The number of aromatic nitrogens is 2. The molecule has 1 aromatic carbocycles. The Balaban J connectivity index is 1.97. The molecular formula is C16H15BrN2O2S. The number of benzene rings is 1. The molecule has 6 heteroatoms. The first-order valence-electron chi connectivity index (χ1n) is 6.90. The first-order valence-corrected chi connectivity index (χ1v) is 8.50. The number of thiophene rings is 1. The minimum atomic E-state index is -0.129. The number of rotatable bonds is 4. The molecule has 3 rings (SSSR count). The number of fused-ring (bicyclic) bond motifs is 1. The summed E-state index contributed by atoms with van der Waals surface area (Å²) in [5, 5.41) is 7.59. The van der Waals surface area contributed by atoms with Gasteiger partial charge in [-0.1, -0.05) is 18.2 Å². The zero-order chi connectivity index (χ0) is 15.7. The van der Waals surface area contributed by atoms with Crippen LogP contribution in [0.25, 0.3) is 10.1 Å². The van der Waals surface area contributed by atoms with Gasteiger partial charge in [-0.2, -0.15) is 5.10 Å². The molecule has 0 spiro atoms. The standard InChI is InChI=1S/C16H15BrN2O2S/c1-9-13-14(22-15(9)17)11(18-19-16(13)20)8-7-10-5-3-4-6-12(10)21-2/h3-6H,7-8H2,1-2H3,(H,19,20). The highest BCUT2D eigenvalue weighted by Crippen LogP contribution is 2.34. The molecule has 0 atom stereocenters. The Morgan fingerprint density at radius 2 is 2.09 bits per heavy atom. The van der Waals surface area contributed by atoms with Crippen LogP contribution < -0.4 is 10.3 Å². The Labute approximate surface area is 140 Å². The molecule has 0 aliphatic heterocycles. The summed E-state index contributed by atoms with van der Waals surface area (Å²) in [7, 11) is 1.68. The lowest BCUT2D eigenvalue weighted by atomic mass is 10.1. The largest absolute Gasteiger partial charge is 0.496 e. The van der Waals surface area contributed by atoms with Crippen molar-refractivity contribution in [3.8, 4) is 5.75 Å². The van der Waals surface area contributed by atoms with Crippen molar-refractivity contribution < 1.29 is 4.74 Å². The van der Waals surface area contributed by atoms with Crippen LogP contribution in [0, 0.1) is 6.92 Å². The minimum Gasteiger partial charge on any atom is -0.496 e. The number of aryl methyl sites for hydroxylation is 3. The number of para-hydroxylation sites is 1. The van der Waals surface area contributed by atoms with Gasteiger partial charge < -0.3 is 4.74 Å². The van der Waals surface area contributed by atoms with Crippen LogP contribution in [0.3, 0.4) is 0 Å². The van der Waals surface area contributed by atoms with E-state index in [0.717, 1.165) is 49.3 Å². The Kier molecular flexibility index (Phi) is 4.31. The Hall–Kier alpha value is -1.66. The van der Waals surface area contributed by atoms with E-state index in [9.17, 15) is 4.79 Å². The van der Waals surface area contributed by atoms with Gasteiger partial charge in [0.25, 0.3) is 5.56 Å². The number of methoxy groups -OCH3 is 1. The maximum absolute atomic E-state index is 12.0. The third-order valence-corrected chi connectivity index (χ3v) is 5.90. The molecule has 0 saturated carbocycles. The molecule has 114 valence electrons. The van der Waals surface area contributed by atoms with Crippen molar-refractivity contribution in [2.45, 2.75) is 19.8 Å². The second-order valence-electron chi connectivity index (χ2n) is 5.02. The van der Waals surface area contributed by atoms with Gasteiger partial charge in [0.15, 0.2) is 0 Å². The molecule has 2 aromatic heterocycles. The molecule has 0 bridgehead atoms. The van der Waals surface area contributed by atoms with Crippen LogP contribution in [0.1, 0.15) is 16.8 Å². The van der Waals surface area contributed by atoms with E-state index in [2.05, 4.69) is 32.2 Å². The van der Waals surface area contributed by atoms with Crippen LogP contribution in [-0.2, 0) is 12.8 Å². The molecule has 22 heavy (non-hydrogen) atoms. The maximum Gasteiger partial charge on any atom is 0.273 e. The average Bonchev–Trinajstić information content (AvgIpc) is 2.83. The summed E-state index contributed by atoms with van der Waals surface area (Å²) in [5.41, 5.74) is 2.90. The Morgan fingerprint density at radius 1 is 1.32 bits per heavy atom. The Morgan fingerprint density at radius 3 is 2.86 bits per heavy atom. The van der Waals surface area contributed by atoms with Gasteiger partial charge in [-0.3, -0.25) is 4.79 Å². The fraction of sp³-hybridized carbons (Fsp3) is 0.250. The molecule has 0 unspecified atom stereocenters. The predicted molar refractivity (Wildman–Crippen MR) is 93.1 cm³/mol. The van der Waals surface area contributed by atoms with E-state index in [-0.39, 0.29) is 5.56 Å². The summed E-state index contributed by atoms with van der Waals surface area (Å²) in [6.45, 7) is 1.95. The van der Waals surface area contributed by atoms with Crippen LogP contribution in [0.4, 0.5) is 0 Å². The minimum absolute atomic E-state index is 0.129.